The zero-order valence-corrected chi connectivity index (χ0v) is 12.5. The maximum atomic E-state index is 12.8. The van der Waals surface area contributed by atoms with Crippen LogP contribution in [0.2, 0.25) is 0 Å². The number of rotatable bonds is 3. The fourth-order valence-electron chi connectivity index (χ4n) is 2.74. The van der Waals surface area contributed by atoms with Crippen LogP contribution >= 0.6 is 0 Å². The molecule has 0 aliphatic carbocycles. The molecule has 24 heavy (non-hydrogen) atoms. The van der Waals surface area contributed by atoms with Crippen molar-refractivity contribution in [1.82, 2.24) is 4.90 Å². The van der Waals surface area contributed by atoms with Crippen molar-refractivity contribution >= 4 is 5.91 Å². The van der Waals surface area contributed by atoms with Crippen molar-refractivity contribution in [2.75, 3.05) is 13.1 Å². The third-order valence-electron chi connectivity index (χ3n) is 4.04. The minimum atomic E-state index is -4.85. The van der Waals surface area contributed by atoms with Gasteiger partial charge in [0, 0.05) is 12.5 Å². The van der Waals surface area contributed by atoms with Crippen molar-refractivity contribution in [1.29, 1.82) is 0 Å². The second kappa shape index (κ2) is 6.62. The molecule has 1 aromatic rings. The molecule has 0 spiro atoms. The van der Waals surface area contributed by atoms with Crippen LogP contribution in [0, 0.1) is 5.92 Å². The largest absolute Gasteiger partial charge is 0.416 e. The summed E-state index contributed by atoms with van der Waals surface area (Å²) in [5.74, 6) is -0.735. The molecule has 1 aliphatic rings. The summed E-state index contributed by atoms with van der Waals surface area (Å²) in [6.45, 7) is 0.745. The molecule has 3 nitrogen and oxygen atoms in total. The van der Waals surface area contributed by atoms with Crippen LogP contribution < -0.4 is 5.73 Å². The van der Waals surface area contributed by atoms with Crippen molar-refractivity contribution in [3.05, 3.63) is 34.9 Å². The van der Waals surface area contributed by atoms with Gasteiger partial charge in [-0.2, -0.15) is 26.3 Å². The standard InChI is InChI=1S/C15H16F6N2O/c16-14(17,18)11-5-9(6-12(7-11)15(19,20)21)8-23-3-1-10(2-4-23)13(22)24/h5-7,10H,1-4,8H2,(H2,22,24). The molecule has 1 saturated heterocycles. The number of likely N-dealkylation sites (tertiary alicyclic amines) is 1. The van der Waals surface area contributed by atoms with Gasteiger partial charge in [-0.1, -0.05) is 0 Å². The number of halogens is 6. The molecule has 1 aliphatic heterocycles. The number of hydrogen-bond acceptors (Lipinski definition) is 2. The van der Waals surface area contributed by atoms with Gasteiger partial charge in [0.2, 0.25) is 5.91 Å². The summed E-state index contributed by atoms with van der Waals surface area (Å²) in [4.78, 5) is 12.8. The Labute approximate surface area is 134 Å². The SMILES string of the molecule is NC(=O)C1CCN(Cc2cc(C(F)(F)F)cc(C(F)(F)F)c2)CC1. The molecular formula is C15H16F6N2O. The Hall–Kier alpha value is -1.77. The van der Waals surface area contributed by atoms with Crippen molar-refractivity contribution in [3.63, 3.8) is 0 Å². The number of hydrogen-bond donors (Lipinski definition) is 1. The number of carbonyl (C=O) groups excluding carboxylic acids is 1. The predicted molar refractivity (Wildman–Crippen MR) is 73.6 cm³/mol. The fraction of sp³-hybridized carbons (Fsp3) is 0.533. The van der Waals surface area contributed by atoms with Crippen molar-refractivity contribution in [2.45, 2.75) is 31.7 Å². The zero-order chi connectivity index (χ0) is 18.1. The molecule has 2 rings (SSSR count). The van der Waals surface area contributed by atoms with Gasteiger partial charge in [-0.3, -0.25) is 9.69 Å². The third kappa shape index (κ3) is 4.62. The minimum absolute atomic E-state index is 0.0432. The van der Waals surface area contributed by atoms with Crippen LogP contribution in [0.3, 0.4) is 0 Å². The van der Waals surface area contributed by atoms with Gasteiger partial charge in [0.25, 0.3) is 0 Å². The summed E-state index contributed by atoms with van der Waals surface area (Å²) in [5.41, 5.74) is 2.49. The van der Waals surface area contributed by atoms with E-state index in [0.29, 0.717) is 25.9 Å². The Morgan fingerprint density at radius 2 is 1.46 bits per heavy atom. The number of benzene rings is 1. The zero-order valence-electron chi connectivity index (χ0n) is 12.5. The van der Waals surface area contributed by atoms with Gasteiger partial charge in [0.05, 0.1) is 11.1 Å². The summed E-state index contributed by atoms with van der Waals surface area (Å²) in [5, 5.41) is 0. The summed E-state index contributed by atoms with van der Waals surface area (Å²) >= 11 is 0. The van der Waals surface area contributed by atoms with Crippen LogP contribution in [0.1, 0.15) is 29.5 Å². The molecule has 0 radical (unpaired) electrons. The topological polar surface area (TPSA) is 46.3 Å². The van der Waals surface area contributed by atoms with Crippen LogP contribution in [0.5, 0.6) is 0 Å². The first kappa shape index (κ1) is 18.6. The molecule has 1 fully saturated rings. The fourth-order valence-corrected chi connectivity index (χ4v) is 2.74. The Morgan fingerprint density at radius 1 is 1.00 bits per heavy atom. The van der Waals surface area contributed by atoms with E-state index in [-0.39, 0.29) is 24.1 Å². The molecule has 1 amide bonds. The average molecular weight is 354 g/mol. The van der Waals surface area contributed by atoms with Gasteiger partial charge in [-0.15, -0.1) is 0 Å². The van der Waals surface area contributed by atoms with Crippen molar-refractivity contribution in [3.8, 4) is 0 Å². The normalized spacial score (nSPS) is 17.9. The number of piperidine rings is 1. The Kier molecular flexibility index (Phi) is 5.12. The molecule has 134 valence electrons. The number of amides is 1. The highest BCUT2D eigenvalue weighted by molar-refractivity contribution is 5.76. The van der Waals surface area contributed by atoms with Crippen LogP contribution in [-0.2, 0) is 23.7 Å². The molecule has 1 aromatic carbocycles. The van der Waals surface area contributed by atoms with E-state index in [1.165, 1.54) is 0 Å². The highest BCUT2D eigenvalue weighted by Gasteiger charge is 2.37. The van der Waals surface area contributed by atoms with Gasteiger partial charge in [-0.05, 0) is 49.7 Å². The second-order valence-corrected chi connectivity index (χ2v) is 5.87. The molecule has 9 heteroatoms. The first-order chi connectivity index (χ1) is 11.0. The predicted octanol–water partition coefficient (Wildman–Crippen LogP) is 3.42. The Bertz CT molecular complexity index is 571. The lowest BCUT2D eigenvalue weighted by molar-refractivity contribution is -0.143. The smallest absolute Gasteiger partial charge is 0.369 e. The van der Waals surface area contributed by atoms with Crippen LogP contribution in [-0.4, -0.2) is 23.9 Å². The summed E-state index contributed by atoms with van der Waals surface area (Å²) in [7, 11) is 0. The molecule has 0 atom stereocenters. The number of nitrogens with zero attached hydrogens (tertiary/aromatic N) is 1. The molecule has 0 aromatic heterocycles. The minimum Gasteiger partial charge on any atom is -0.369 e. The van der Waals surface area contributed by atoms with Crippen LogP contribution in [0.4, 0.5) is 26.3 Å². The molecule has 1 heterocycles. The van der Waals surface area contributed by atoms with E-state index < -0.39 is 29.4 Å². The lowest BCUT2D eigenvalue weighted by atomic mass is 9.95. The third-order valence-corrected chi connectivity index (χ3v) is 4.04. The van der Waals surface area contributed by atoms with Crippen LogP contribution in [0.15, 0.2) is 18.2 Å². The molecule has 2 N–H and O–H groups in total. The van der Waals surface area contributed by atoms with Gasteiger partial charge in [-0.25, -0.2) is 0 Å². The van der Waals surface area contributed by atoms with E-state index in [1.807, 2.05) is 0 Å². The first-order valence-electron chi connectivity index (χ1n) is 7.27. The van der Waals surface area contributed by atoms with E-state index in [1.54, 1.807) is 4.90 Å². The summed E-state index contributed by atoms with van der Waals surface area (Å²) in [6, 6.07) is 1.58. The van der Waals surface area contributed by atoms with Crippen LogP contribution in [0.25, 0.3) is 0 Å². The highest BCUT2D eigenvalue weighted by Crippen LogP contribution is 2.36. The Balaban J connectivity index is 2.19. The van der Waals surface area contributed by atoms with Gasteiger partial charge in [0.15, 0.2) is 0 Å². The summed E-state index contributed by atoms with van der Waals surface area (Å²) in [6.07, 6.45) is -8.81. The number of carbonyl (C=O) groups is 1. The molecular weight excluding hydrogens is 338 g/mol. The van der Waals surface area contributed by atoms with Gasteiger partial charge < -0.3 is 5.73 Å². The number of alkyl halides is 6. The quantitative estimate of drug-likeness (QED) is 0.846. The van der Waals surface area contributed by atoms with Gasteiger partial charge in [0.1, 0.15) is 0 Å². The van der Waals surface area contributed by atoms with E-state index in [9.17, 15) is 31.1 Å². The number of primary amides is 1. The number of nitrogens with two attached hydrogens (primary N) is 1. The van der Waals surface area contributed by atoms with E-state index in [4.69, 9.17) is 5.73 Å². The van der Waals surface area contributed by atoms with E-state index in [2.05, 4.69) is 0 Å². The van der Waals surface area contributed by atoms with Crippen molar-refractivity contribution in [2.24, 2.45) is 11.7 Å². The summed E-state index contributed by atoms with van der Waals surface area (Å²) < 4.78 is 76.9. The molecule has 0 saturated carbocycles. The molecule has 0 unspecified atom stereocenters. The maximum absolute atomic E-state index is 12.8. The monoisotopic (exact) mass is 354 g/mol. The lowest BCUT2D eigenvalue weighted by Crippen LogP contribution is -2.38. The van der Waals surface area contributed by atoms with E-state index >= 15 is 0 Å². The van der Waals surface area contributed by atoms with Crippen molar-refractivity contribution < 1.29 is 31.1 Å². The lowest BCUT2D eigenvalue weighted by Gasteiger charge is -2.30. The molecule has 0 bridgehead atoms. The first-order valence-corrected chi connectivity index (χ1v) is 7.27. The maximum Gasteiger partial charge on any atom is 0.416 e. The highest BCUT2D eigenvalue weighted by atomic mass is 19.4. The average Bonchev–Trinajstić information content (AvgIpc) is 2.45. The van der Waals surface area contributed by atoms with E-state index in [0.717, 1.165) is 12.1 Å². The van der Waals surface area contributed by atoms with Gasteiger partial charge >= 0.3 is 12.4 Å². The Morgan fingerprint density at radius 3 is 1.83 bits per heavy atom. The second-order valence-electron chi connectivity index (χ2n) is 5.87.